The number of esters is 1. The number of hydrogen-bond acceptors (Lipinski definition) is 5. The maximum absolute atomic E-state index is 12.2. The Morgan fingerprint density at radius 3 is 2.19 bits per heavy atom. The van der Waals surface area contributed by atoms with E-state index in [0.29, 0.717) is 5.02 Å². The highest BCUT2D eigenvalue weighted by molar-refractivity contribution is 7.87. The molecular formula is C11H8ClF3O5S. The van der Waals surface area contributed by atoms with Crippen molar-refractivity contribution in [2.75, 3.05) is 7.11 Å². The van der Waals surface area contributed by atoms with Crippen molar-refractivity contribution >= 4 is 33.8 Å². The van der Waals surface area contributed by atoms with Crippen molar-refractivity contribution in [1.29, 1.82) is 0 Å². The summed E-state index contributed by atoms with van der Waals surface area (Å²) in [5.41, 5.74) is -5.47. The van der Waals surface area contributed by atoms with Crippen LogP contribution < -0.4 is 0 Å². The summed E-state index contributed by atoms with van der Waals surface area (Å²) in [6, 6.07) is 5.46. The van der Waals surface area contributed by atoms with E-state index in [-0.39, 0.29) is 5.56 Å². The first kappa shape index (κ1) is 17.3. The van der Waals surface area contributed by atoms with Crippen LogP contribution >= 0.6 is 11.6 Å². The monoisotopic (exact) mass is 344 g/mol. The molecule has 0 saturated heterocycles. The molecule has 0 fully saturated rings. The van der Waals surface area contributed by atoms with Crippen LogP contribution in [0.1, 0.15) is 5.56 Å². The maximum Gasteiger partial charge on any atom is 0.534 e. The Balaban J connectivity index is 3.19. The maximum atomic E-state index is 12.2. The number of ether oxygens (including phenoxy) is 1. The van der Waals surface area contributed by atoms with Gasteiger partial charge in [-0.05, 0) is 23.8 Å². The molecule has 21 heavy (non-hydrogen) atoms. The fourth-order valence-electron chi connectivity index (χ4n) is 1.09. The highest BCUT2D eigenvalue weighted by atomic mass is 35.5. The molecule has 0 unspecified atom stereocenters. The average molecular weight is 345 g/mol. The third-order valence-corrected chi connectivity index (χ3v) is 3.26. The number of methoxy groups -OCH3 is 1. The number of hydrogen-bond donors (Lipinski definition) is 0. The number of alkyl halides is 3. The molecular weight excluding hydrogens is 337 g/mol. The summed E-state index contributed by atoms with van der Waals surface area (Å²) in [6.45, 7) is 0. The van der Waals surface area contributed by atoms with Crippen LogP contribution in [0.5, 0.6) is 0 Å². The van der Waals surface area contributed by atoms with Crippen molar-refractivity contribution in [3.63, 3.8) is 0 Å². The summed E-state index contributed by atoms with van der Waals surface area (Å²) in [6.07, 6.45) is 0.783. The molecule has 0 aliphatic heterocycles. The lowest BCUT2D eigenvalue weighted by atomic mass is 10.2. The molecule has 0 saturated carbocycles. The molecule has 0 amide bonds. The summed E-state index contributed by atoms with van der Waals surface area (Å²) in [4.78, 5) is 11.3. The molecule has 10 heteroatoms. The van der Waals surface area contributed by atoms with Crippen LogP contribution in [0.15, 0.2) is 30.0 Å². The van der Waals surface area contributed by atoms with Crippen LogP contribution in [-0.4, -0.2) is 27.0 Å². The Morgan fingerprint density at radius 1 is 1.24 bits per heavy atom. The van der Waals surface area contributed by atoms with Crippen molar-refractivity contribution in [2.45, 2.75) is 5.51 Å². The lowest BCUT2D eigenvalue weighted by molar-refractivity contribution is -0.138. The van der Waals surface area contributed by atoms with Gasteiger partial charge in [-0.1, -0.05) is 23.7 Å². The van der Waals surface area contributed by atoms with Crippen LogP contribution in [-0.2, 0) is 23.8 Å². The van der Waals surface area contributed by atoms with Crippen molar-refractivity contribution in [3.05, 3.63) is 40.6 Å². The predicted molar refractivity (Wildman–Crippen MR) is 67.5 cm³/mol. The van der Waals surface area contributed by atoms with Gasteiger partial charge in [-0.15, -0.1) is 0 Å². The van der Waals surface area contributed by atoms with Gasteiger partial charge >= 0.3 is 21.6 Å². The number of carbonyl (C=O) groups is 1. The molecule has 0 N–H and O–H groups in total. The summed E-state index contributed by atoms with van der Waals surface area (Å²) in [5, 5.41) is 0.343. The van der Waals surface area contributed by atoms with Crippen LogP contribution in [0.25, 0.3) is 6.08 Å². The van der Waals surface area contributed by atoms with Gasteiger partial charge in [0.15, 0.2) is 0 Å². The van der Waals surface area contributed by atoms with Gasteiger partial charge in [0.2, 0.25) is 5.76 Å². The molecule has 0 heterocycles. The minimum Gasteiger partial charge on any atom is -0.463 e. The number of halogens is 4. The average Bonchev–Trinajstić information content (AvgIpc) is 2.38. The Labute approximate surface area is 123 Å². The Hall–Kier alpha value is -1.74. The van der Waals surface area contributed by atoms with Crippen LogP contribution in [0, 0.1) is 0 Å². The van der Waals surface area contributed by atoms with Gasteiger partial charge in [0, 0.05) is 5.02 Å². The van der Waals surface area contributed by atoms with Gasteiger partial charge < -0.3 is 8.92 Å². The van der Waals surface area contributed by atoms with E-state index in [4.69, 9.17) is 11.6 Å². The number of rotatable bonds is 4. The zero-order chi connectivity index (χ0) is 16.3. The van der Waals surface area contributed by atoms with Crippen molar-refractivity contribution in [3.8, 4) is 0 Å². The van der Waals surface area contributed by atoms with E-state index >= 15 is 0 Å². The highest BCUT2D eigenvalue weighted by Gasteiger charge is 2.49. The van der Waals surface area contributed by atoms with Crippen LogP contribution in [0.4, 0.5) is 13.2 Å². The van der Waals surface area contributed by atoms with Crippen LogP contribution in [0.2, 0.25) is 5.02 Å². The Bertz CT molecular complexity index is 649. The fraction of sp³-hybridized carbons (Fsp3) is 0.182. The topological polar surface area (TPSA) is 69.7 Å². The van der Waals surface area contributed by atoms with E-state index in [2.05, 4.69) is 8.92 Å². The predicted octanol–water partition coefficient (Wildman–Crippen LogP) is 2.72. The van der Waals surface area contributed by atoms with E-state index in [1.807, 2.05) is 0 Å². The molecule has 116 valence electrons. The molecule has 0 aliphatic rings. The molecule has 0 aromatic heterocycles. The Kier molecular flexibility index (Phi) is 5.24. The smallest absolute Gasteiger partial charge is 0.463 e. The summed E-state index contributed by atoms with van der Waals surface area (Å²) >= 11 is 5.62. The third-order valence-electron chi connectivity index (χ3n) is 2.04. The summed E-state index contributed by atoms with van der Waals surface area (Å²) in [7, 11) is -5.11. The summed E-state index contributed by atoms with van der Waals surface area (Å²) < 4.78 is 66.5. The molecule has 0 aliphatic carbocycles. The van der Waals surface area contributed by atoms with Gasteiger partial charge in [-0.25, -0.2) is 4.79 Å². The van der Waals surface area contributed by atoms with E-state index in [0.717, 1.165) is 13.2 Å². The first-order valence-corrected chi connectivity index (χ1v) is 6.92. The molecule has 0 atom stereocenters. The highest BCUT2D eigenvalue weighted by Crippen LogP contribution is 2.27. The van der Waals surface area contributed by atoms with E-state index < -0.39 is 27.4 Å². The third kappa shape index (κ3) is 4.64. The van der Waals surface area contributed by atoms with Gasteiger partial charge in [-0.3, -0.25) is 0 Å². The second kappa shape index (κ2) is 6.35. The minimum atomic E-state index is -5.98. The molecule has 1 rings (SSSR count). The zero-order valence-corrected chi connectivity index (χ0v) is 11.9. The summed E-state index contributed by atoms with van der Waals surface area (Å²) in [5.74, 6) is -2.50. The van der Waals surface area contributed by atoms with Gasteiger partial charge in [-0.2, -0.15) is 21.6 Å². The molecule has 1 aromatic rings. The largest absolute Gasteiger partial charge is 0.534 e. The van der Waals surface area contributed by atoms with Crippen molar-refractivity contribution in [1.82, 2.24) is 0 Å². The number of carbonyl (C=O) groups excluding carboxylic acids is 1. The van der Waals surface area contributed by atoms with Crippen molar-refractivity contribution < 1.29 is 35.3 Å². The first-order chi connectivity index (χ1) is 9.56. The van der Waals surface area contributed by atoms with Gasteiger partial charge in [0.1, 0.15) is 0 Å². The second-order valence-corrected chi connectivity index (χ2v) is 5.51. The van der Waals surface area contributed by atoms with Crippen LogP contribution in [0.3, 0.4) is 0 Å². The molecule has 0 bridgehead atoms. The zero-order valence-electron chi connectivity index (χ0n) is 10.3. The van der Waals surface area contributed by atoms with Gasteiger partial charge in [0.05, 0.1) is 7.11 Å². The lowest BCUT2D eigenvalue weighted by Gasteiger charge is -2.11. The van der Waals surface area contributed by atoms with E-state index in [9.17, 15) is 26.4 Å². The molecule has 1 aromatic carbocycles. The molecule has 5 nitrogen and oxygen atoms in total. The van der Waals surface area contributed by atoms with Crippen molar-refractivity contribution in [2.24, 2.45) is 0 Å². The van der Waals surface area contributed by atoms with Gasteiger partial charge in [0.25, 0.3) is 0 Å². The van der Waals surface area contributed by atoms with E-state index in [1.165, 1.54) is 24.3 Å². The minimum absolute atomic E-state index is 0.192. The standard InChI is InChI=1S/C11H8ClF3O5S/c1-19-10(16)9(20-21(17,18)11(13,14)15)6-7-2-4-8(12)5-3-7/h2-6H,1H3/b9-6+. The second-order valence-electron chi connectivity index (χ2n) is 3.53. The first-order valence-electron chi connectivity index (χ1n) is 5.13. The van der Waals surface area contributed by atoms with E-state index in [1.54, 1.807) is 0 Å². The quantitative estimate of drug-likeness (QED) is 0.276. The number of benzene rings is 1. The molecule has 0 radical (unpaired) electrons. The Morgan fingerprint density at radius 2 is 1.76 bits per heavy atom. The SMILES string of the molecule is COC(=O)/C(=C\c1ccc(Cl)cc1)OS(=O)(=O)C(F)(F)F. The normalized spacial score (nSPS) is 12.9. The lowest BCUT2D eigenvalue weighted by Crippen LogP contribution is -2.27. The molecule has 0 spiro atoms. The fourth-order valence-corrected chi connectivity index (χ4v) is 1.67.